The molecule has 0 heterocycles. The van der Waals surface area contributed by atoms with Crippen LogP contribution in [0, 0.1) is 5.92 Å². The molecule has 0 fully saturated rings. The first-order valence-corrected chi connectivity index (χ1v) is 7.90. The minimum absolute atomic E-state index is 0.104. The Morgan fingerprint density at radius 2 is 1.92 bits per heavy atom. The van der Waals surface area contributed by atoms with Gasteiger partial charge in [-0.3, -0.25) is 9.80 Å². The van der Waals surface area contributed by atoms with Crippen LogP contribution in [-0.2, 0) is 11.2 Å². The van der Waals surface area contributed by atoms with E-state index in [0.29, 0.717) is 16.3 Å². The number of benzene rings is 1. The Hall–Kier alpha value is -2.09. The van der Waals surface area contributed by atoms with Gasteiger partial charge in [0.1, 0.15) is 0 Å². The average molecular weight is 361 g/mol. The molecule has 1 aromatic rings. The Kier molecular flexibility index (Phi) is 7.41. The van der Waals surface area contributed by atoms with Crippen LogP contribution in [0.4, 0.5) is 23.2 Å². The van der Waals surface area contributed by atoms with Crippen molar-refractivity contribution in [1.82, 2.24) is 5.01 Å². The van der Waals surface area contributed by atoms with E-state index < -0.39 is 24.0 Å². The molecular weight excluding hydrogens is 338 g/mol. The SMILES string of the molecule is CC/C(C(=O)Nc1ccccc1CCC(C)C(F)(F)F)=C(/F)N(C)N. The topological polar surface area (TPSA) is 58.4 Å². The standard InChI is InChI=1S/C17H23F4N3O/c1-4-13(15(18)24(3)22)16(25)23-14-8-6-5-7-12(14)10-9-11(2)17(19,20)21/h5-8,11H,4,9-10,22H2,1-3H3,(H,23,25)/b15-13+. The largest absolute Gasteiger partial charge is 0.391 e. The van der Waals surface area contributed by atoms with E-state index >= 15 is 0 Å². The zero-order valence-electron chi connectivity index (χ0n) is 14.5. The van der Waals surface area contributed by atoms with Crippen molar-refractivity contribution in [3.63, 3.8) is 0 Å². The predicted molar refractivity (Wildman–Crippen MR) is 89.0 cm³/mol. The first-order valence-electron chi connectivity index (χ1n) is 7.90. The number of anilines is 1. The van der Waals surface area contributed by atoms with Crippen LogP contribution in [0.2, 0.25) is 0 Å². The molecule has 1 aromatic carbocycles. The Labute approximate surface area is 144 Å². The van der Waals surface area contributed by atoms with Gasteiger partial charge in [-0.25, -0.2) is 5.84 Å². The summed E-state index contributed by atoms with van der Waals surface area (Å²) in [7, 11) is 1.27. The van der Waals surface area contributed by atoms with Gasteiger partial charge in [-0.05, 0) is 30.9 Å². The molecule has 0 saturated heterocycles. The van der Waals surface area contributed by atoms with E-state index in [1.807, 2.05) is 0 Å². The summed E-state index contributed by atoms with van der Waals surface area (Å²) in [6, 6.07) is 6.53. The highest BCUT2D eigenvalue weighted by Gasteiger charge is 2.35. The molecule has 0 radical (unpaired) electrons. The molecule has 1 amide bonds. The van der Waals surface area contributed by atoms with Gasteiger partial charge in [-0.15, -0.1) is 0 Å². The second kappa shape index (κ2) is 8.84. The molecule has 0 aliphatic carbocycles. The van der Waals surface area contributed by atoms with Gasteiger partial charge >= 0.3 is 6.18 Å². The Morgan fingerprint density at radius 3 is 2.44 bits per heavy atom. The molecule has 3 N–H and O–H groups in total. The number of hydrogen-bond donors (Lipinski definition) is 2. The molecular formula is C17H23F4N3O. The van der Waals surface area contributed by atoms with Crippen LogP contribution in [0.1, 0.15) is 32.3 Å². The number of carbonyl (C=O) groups excluding carboxylic acids is 1. The molecule has 0 bridgehead atoms. The van der Waals surface area contributed by atoms with Crippen molar-refractivity contribution >= 4 is 11.6 Å². The second-order valence-corrected chi connectivity index (χ2v) is 5.83. The maximum absolute atomic E-state index is 13.9. The van der Waals surface area contributed by atoms with E-state index in [1.54, 1.807) is 31.2 Å². The van der Waals surface area contributed by atoms with Crippen molar-refractivity contribution < 1.29 is 22.4 Å². The van der Waals surface area contributed by atoms with E-state index in [1.165, 1.54) is 7.05 Å². The maximum Gasteiger partial charge on any atom is 0.391 e. The summed E-state index contributed by atoms with van der Waals surface area (Å²) in [6.45, 7) is 2.72. The van der Waals surface area contributed by atoms with Crippen molar-refractivity contribution in [1.29, 1.82) is 0 Å². The monoisotopic (exact) mass is 361 g/mol. The fourth-order valence-corrected chi connectivity index (χ4v) is 2.21. The molecule has 0 aliphatic heterocycles. The highest BCUT2D eigenvalue weighted by atomic mass is 19.4. The Bertz CT molecular complexity index is 627. The lowest BCUT2D eigenvalue weighted by atomic mass is 9.99. The average Bonchev–Trinajstić information content (AvgIpc) is 2.53. The van der Waals surface area contributed by atoms with E-state index in [4.69, 9.17) is 5.84 Å². The summed E-state index contributed by atoms with van der Waals surface area (Å²) in [5.74, 6) is 2.33. The lowest BCUT2D eigenvalue weighted by Gasteiger charge is -2.18. The number of nitrogens with zero attached hydrogens (tertiary/aromatic N) is 1. The number of aryl methyl sites for hydroxylation is 1. The van der Waals surface area contributed by atoms with Gasteiger partial charge in [0.2, 0.25) is 5.95 Å². The number of alkyl halides is 3. The van der Waals surface area contributed by atoms with Crippen LogP contribution in [-0.4, -0.2) is 24.1 Å². The van der Waals surface area contributed by atoms with Gasteiger partial charge in [-0.2, -0.15) is 17.6 Å². The Morgan fingerprint density at radius 1 is 1.32 bits per heavy atom. The van der Waals surface area contributed by atoms with Gasteiger partial charge in [0, 0.05) is 12.7 Å². The molecule has 0 spiro atoms. The normalized spacial score (nSPS) is 13.9. The molecule has 1 rings (SSSR count). The number of nitrogens with one attached hydrogen (secondary N) is 1. The van der Waals surface area contributed by atoms with Crippen LogP contribution >= 0.6 is 0 Å². The zero-order valence-corrected chi connectivity index (χ0v) is 14.5. The number of carbonyl (C=O) groups is 1. The number of nitrogens with two attached hydrogens (primary N) is 1. The van der Waals surface area contributed by atoms with Crippen molar-refractivity contribution in [3.8, 4) is 0 Å². The van der Waals surface area contributed by atoms with Crippen LogP contribution < -0.4 is 11.2 Å². The molecule has 1 atom stereocenters. The van der Waals surface area contributed by atoms with Gasteiger partial charge < -0.3 is 5.32 Å². The number of amides is 1. The predicted octanol–water partition coefficient (Wildman–Crippen LogP) is 4.15. The van der Waals surface area contributed by atoms with E-state index in [-0.39, 0.29) is 24.8 Å². The zero-order chi connectivity index (χ0) is 19.2. The fraction of sp³-hybridized carbons (Fsp3) is 0.471. The lowest BCUT2D eigenvalue weighted by molar-refractivity contribution is -0.170. The molecule has 0 saturated carbocycles. The number of para-hydroxylation sites is 1. The summed E-state index contributed by atoms with van der Waals surface area (Å²) < 4.78 is 51.9. The molecule has 25 heavy (non-hydrogen) atoms. The second-order valence-electron chi connectivity index (χ2n) is 5.83. The van der Waals surface area contributed by atoms with Crippen molar-refractivity contribution in [2.45, 2.75) is 39.3 Å². The van der Waals surface area contributed by atoms with Gasteiger partial charge in [0.25, 0.3) is 5.91 Å². The summed E-state index contributed by atoms with van der Waals surface area (Å²) >= 11 is 0. The van der Waals surface area contributed by atoms with Gasteiger partial charge in [-0.1, -0.05) is 32.0 Å². The van der Waals surface area contributed by atoms with E-state index in [0.717, 1.165) is 6.92 Å². The third kappa shape index (κ3) is 6.04. The third-order valence-corrected chi connectivity index (χ3v) is 3.86. The Balaban J connectivity index is 2.93. The molecule has 0 aliphatic rings. The summed E-state index contributed by atoms with van der Waals surface area (Å²) in [4.78, 5) is 12.3. The first kappa shape index (κ1) is 21.0. The van der Waals surface area contributed by atoms with Crippen LogP contribution in [0.3, 0.4) is 0 Å². The first-order chi connectivity index (χ1) is 11.6. The quantitative estimate of drug-likeness (QED) is 0.252. The van der Waals surface area contributed by atoms with Crippen LogP contribution in [0.25, 0.3) is 0 Å². The summed E-state index contributed by atoms with van der Waals surface area (Å²) in [6.07, 6.45) is -4.11. The molecule has 0 aromatic heterocycles. The van der Waals surface area contributed by atoms with Crippen LogP contribution in [0.5, 0.6) is 0 Å². The number of halogens is 4. The minimum atomic E-state index is -4.26. The smallest absolute Gasteiger partial charge is 0.322 e. The van der Waals surface area contributed by atoms with E-state index in [9.17, 15) is 22.4 Å². The van der Waals surface area contributed by atoms with Crippen molar-refractivity contribution in [3.05, 3.63) is 41.4 Å². The molecule has 8 heteroatoms. The van der Waals surface area contributed by atoms with Gasteiger partial charge in [0.05, 0.1) is 11.5 Å². The molecule has 140 valence electrons. The van der Waals surface area contributed by atoms with Gasteiger partial charge in [0.15, 0.2) is 0 Å². The maximum atomic E-state index is 13.9. The highest BCUT2D eigenvalue weighted by molar-refractivity contribution is 6.04. The summed E-state index contributed by atoms with van der Waals surface area (Å²) in [5, 5.41) is 3.26. The third-order valence-electron chi connectivity index (χ3n) is 3.86. The fourth-order valence-electron chi connectivity index (χ4n) is 2.21. The number of hydrazine groups is 1. The summed E-state index contributed by atoms with van der Waals surface area (Å²) in [5.41, 5.74) is 0.785. The highest BCUT2D eigenvalue weighted by Crippen LogP contribution is 2.30. The van der Waals surface area contributed by atoms with Crippen molar-refractivity contribution in [2.24, 2.45) is 11.8 Å². The number of hydrogen-bond acceptors (Lipinski definition) is 3. The minimum Gasteiger partial charge on any atom is -0.322 e. The molecule has 1 unspecified atom stereocenters. The van der Waals surface area contributed by atoms with E-state index in [2.05, 4.69) is 5.32 Å². The van der Waals surface area contributed by atoms with Crippen molar-refractivity contribution in [2.75, 3.05) is 12.4 Å². The van der Waals surface area contributed by atoms with Crippen LogP contribution in [0.15, 0.2) is 35.8 Å². The number of rotatable bonds is 7. The molecule has 4 nitrogen and oxygen atoms in total. The lowest BCUT2D eigenvalue weighted by Crippen LogP contribution is -2.27.